The van der Waals surface area contributed by atoms with Gasteiger partial charge in [-0.2, -0.15) is 0 Å². The van der Waals surface area contributed by atoms with Crippen molar-refractivity contribution in [3.05, 3.63) is 27.7 Å². The van der Waals surface area contributed by atoms with E-state index in [-0.39, 0.29) is 11.7 Å². The predicted octanol–water partition coefficient (Wildman–Crippen LogP) is 3.18. The zero-order chi connectivity index (χ0) is 13.1. The van der Waals surface area contributed by atoms with Gasteiger partial charge in [0.2, 0.25) is 0 Å². The molecule has 98 valence electrons. The number of methoxy groups -OCH3 is 1. The number of ether oxygens (including phenoxy) is 1. The average Bonchev–Trinajstić information content (AvgIpc) is 2.38. The Kier molecular flexibility index (Phi) is 4.49. The summed E-state index contributed by atoms with van der Waals surface area (Å²) in [4.78, 5) is 12.5. The van der Waals surface area contributed by atoms with E-state index in [1.807, 2.05) is 0 Å². The smallest absolute Gasteiger partial charge is 0.171 e. The van der Waals surface area contributed by atoms with E-state index in [0.717, 1.165) is 25.9 Å². The molecule has 0 aromatic heterocycles. The number of carbonyl (C=O) groups is 1. The first-order valence-electron chi connectivity index (χ1n) is 5.91. The van der Waals surface area contributed by atoms with Gasteiger partial charge in [0.15, 0.2) is 5.78 Å². The molecule has 0 unspecified atom stereocenters. The molecule has 1 aromatic carbocycles. The Morgan fingerprint density at radius 1 is 1.33 bits per heavy atom. The van der Waals surface area contributed by atoms with Crippen LogP contribution in [0.25, 0.3) is 0 Å². The first-order valence-corrected chi connectivity index (χ1v) is 6.67. The number of hydrogen-bond donors (Lipinski definition) is 1. The van der Waals surface area contributed by atoms with Crippen molar-refractivity contribution in [3.8, 4) is 5.75 Å². The molecule has 1 N–H and O–H groups in total. The summed E-state index contributed by atoms with van der Waals surface area (Å²) in [5.74, 6) is 0.518. The summed E-state index contributed by atoms with van der Waals surface area (Å²) >= 11 is 12.0. The highest BCUT2D eigenvalue weighted by molar-refractivity contribution is 6.37. The maximum absolute atomic E-state index is 12.5. The van der Waals surface area contributed by atoms with Crippen LogP contribution in [0, 0.1) is 5.92 Å². The van der Waals surface area contributed by atoms with Crippen LogP contribution in [0.1, 0.15) is 23.2 Å². The Balaban J connectivity index is 2.34. The maximum Gasteiger partial charge on any atom is 0.171 e. The maximum atomic E-state index is 12.5. The van der Waals surface area contributed by atoms with Crippen LogP contribution in [-0.2, 0) is 0 Å². The third-order valence-electron chi connectivity index (χ3n) is 3.20. The Hall–Kier alpha value is -0.770. The molecule has 3 nitrogen and oxygen atoms in total. The van der Waals surface area contributed by atoms with Crippen LogP contribution < -0.4 is 10.1 Å². The summed E-state index contributed by atoms with van der Waals surface area (Å²) in [7, 11) is 1.52. The van der Waals surface area contributed by atoms with E-state index >= 15 is 0 Å². The van der Waals surface area contributed by atoms with Crippen LogP contribution in [-0.4, -0.2) is 26.0 Å². The highest BCUT2D eigenvalue weighted by Crippen LogP contribution is 2.34. The molecule has 1 heterocycles. The van der Waals surface area contributed by atoms with Gasteiger partial charge in [-0.3, -0.25) is 4.79 Å². The van der Waals surface area contributed by atoms with E-state index in [1.165, 1.54) is 7.11 Å². The van der Waals surface area contributed by atoms with Crippen LogP contribution in [0.15, 0.2) is 12.1 Å². The number of halogens is 2. The van der Waals surface area contributed by atoms with Gasteiger partial charge in [-0.25, -0.2) is 0 Å². The summed E-state index contributed by atoms with van der Waals surface area (Å²) in [6, 6.07) is 3.21. The Morgan fingerprint density at radius 3 is 2.61 bits per heavy atom. The van der Waals surface area contributed by atoms with Crippen molar-refractivity contribution in [2.45, 2.75) is 12.8 Å². The van der Waals surface area contributed by atoms with Crippen LogP contribution in [0.4, 0.5) is 0 Å². The minimum atomic E-state index is 0.0128. The van der Waals surface area contributed by atoms with Gasteiger partial charge in [0.1, 0.15) is 5.75 Å². The largest absolute Gasteiger partial charge is 0.496 e. The lowest BCUT2D eigenvalue weighted by Gasteiger charge is -2.22. The van der Waals surface area contributed by atoms with Crippen molar-refractivity contribution in [2.24, 2.45) is 5.92 Å². The zero-order valence-corrected chi connectivity index (χ0v) is 11.6. The molecule has 2 rings (SSSR count). The Morgan fingerprint density at radius 2 is 2.00 bits per heavy atom. The number of ketones is 1. The molecule has 1 saturated heterocycles. The molecule has 1 aliphatic rings. The second-order valence-corrected chi connectivity index (χ2v) is 5.20. The number of benzene rings is 1. The van der Waals surface area contributed by atoms with Crippen LogP contribution >= 0.6 is 23.2 Å². The van der Waals surface area contributed by atoms with Gasteiger partial charge in [-0.05, 0) is 38.1 Å². The van der Waals surface area contributed by atoms with Crippen LogP contribution in [0.2, 0.25) is 10.0 Å². The molecular weight excluding hydrogens is 273 g/mol. The van der Waals surface area contributed by atoms with E-state index in [9.17, 15) is 4.79 Å². The van der Waals surface area contributed by atoms with Gasteiger partial charge >= 0.3 is 0 Å². The van der Waals surface area contributed by atoms with Crippen molar-refractivity contribution >= 4 is 29.0 Å². The molecule has 0 aliphatic carbocycles. The summed E-state index contributed by atoms with van der Waals surface area (Å²) in [5, 5.41) is 4.07. The summed E-state index contributed by atoms with van der Waals surface area (Å²) < 4.78 is 5.21. The van der Waals surface area contributed by atoms with Gasteiger partial charge in [0.25, 0.3) is 0 Å². The molecule has 1 fully saturated rings. The number of Topliss-reactive ketones (excluding diaryl/α,β-unsaturated/α-hetero) is 1. The van der Waals surface area contributed by atoms with Gasteiger partial charge in [-0.1, -0.05) is 23.2 Å². The van der Waals surface area contributed by atoms with Crippen molar-refractivity contribution in [3.63, 3.8) is 0 Å². The normalized spacial score (nSPS) is 16.6. The van der Waals surface area contributed by atoms with Gasteiger partial charge in [0, 0.05) is 10.9 Å². The summed E-state index contributed by atoms with van der Waals surface area (Å²) in [5.41, 5.74) is 0.454. The lowest BCUT2D eigenvalue weighted by Crippen LogP contribution is -2.32. The summed E-state index contributed by atoms with van der Waals surface area (Å²) in [6.07, 6.45) is 1.67. The topological polar surface area (TPSA) is 38.3 Å². The number of carbonyl (C=O) groups excluding carboxylic acids is 1. The third kappa shape index (κ3) is 2.79. The third-order valence-corrected chi connectivity index (χ3v) is 3.71. The molecule has 0 radical (unpaired) electrons. The highest BCUT2D eigenvalue weighted by atomic mass is 35.5. The van der Waals surface area contributed by atoms with Crippen molar-refractivity contribution < 1.29 is 9.53 Å². The first-order chi connectivity index (χ1) is 8.63. The van der Waals surface area contributed by atoms with Gasteiger partial charge < -0.3 is 10.1 Å². The fraction of sp³-hybridized carbons (Fsp3) is 0.462. The Labute approximate surface area is 116 Å². The highest BCUT2D eigenvalue weighted by Gasteiger charge is 2.27. The number of rotatable bonds is 3. The lowest BCUT2D eigenvalue weighted by molar-refractivity contribution is 0.0892. The Bertz CT molecular complexity index is 457. The molecule has 0 saturated carbocycles. The summed E-state index contributed by atoms with van der Waals surface area (Å²) in [6.45, 7) is 1.73. The number of piperidine rings is 1. The molecule has 0 spiro atoms. The lowest BCUT2D eigenvalue weighted by atomic mass is 9.89. The minimum Gasteiger partial charge on any atom is -0.496 e. The SMILES string of the molecule is COc1cc(Cl)cc(Cl)c1C(=O)C1CCNCC1. The average molecular weight is 288 g/mol. The second kappa shape index (κ2) is 5.91. The van der Waals surface area contributed by atoms with E-state index in [4.69, 9.17) is 27.9 Å². The second-order valence-electron chi connectivity index (χ2n) is 4.35. The quantitative estimate of drug-likeness (QED) is 0.868. The van der Waals surface area contributed by atoms with Crippen LogP contribution in [0.3, 0.4) is 0 Å². The fourth-order valence-electron chi connectivity index (χ4n) is 2.24. The molecular formula is C13H15Cl2NO2. The zero-order valence-electron chi connectivity index (χ0n) is 10.1. The molecule has 18 heavy (non-hydrogen) atoms. The molecule has 1 aromatic rings. The molecule has 0 amide bonds. The first kappa shape index (κ1) is 13.7. The molecule has 0 bridgehead atoms. The van der Waals surface area contributed by atoms with E-state index in [0.29, 0.717) is 21.4 Å². The number of nitrogens with one attached hydrogen (secondary N) is 1. The predicted molar refractivity (Wildman–Crippen MR) is 72.9 cm³/mol. The number of hydrogen-bond acceptors (Lipinski definition) is 3. The van der Waals surface area contributed by atoms with Gasteiger partial charge in [0.05, 0.1) is 17.7 Å². The molecule has 0 atom stereocenters. The van der Waals surface area contributed by atoms with E-state index in [1.54, 1.807) is 12.1 Å². The van der Waals surface area contributed by atoms with Crippen molar-refractivity contribution in [1.82, 2.24) is 5.32 Å². The van der Waals surface area contributed by atoms with Gasteiger partial charge in [-0.15, -0.1) is 0 Å². The molecule has 1 aliphatic heterocycles. The monoisotopic (exact) mass is 287 g/mol. The van der Waals surface area contributed by atoms with Crippen molar-refractivity contribution in [2.75, 3.05) is 20.2 Å². The van der Waals surface area contributed by atoms with Crippen LogP contribution in [0.5, 0.6) is 5.75 Å². The van der Waals surface area contributed by atoms with Crippen molar-refractivity contribution in [1.29, 1.82) is 0 Å². The fourth-order valence-corrected chi connectivity index (χ4v) is 2.81. The standard InChI is InChI=1S/C13H15Cl2NO2/c1-18-11-7-9(14)6-10(15)12(11)13(17)8-2-4-16-5-3-8/h6-8,16H,2-5H2,1H3. The molecule has 5 heteroatoms. The van der Waals surface area contributed by atoms with E-state index < -0.39 is 0 Å². The van der Waals surface area contributed by atoms with E-state index in [2.05, 4.69) is 5.32 Å². The minimum absolute atomic E-state index is 0.0128.